The molecule has 5 N–H and O–H groups in total. The van der Waals surface area contributed by atoms with Crippen LogP contribution in [-0.4, -0.2) is 11.1 Å². The molecule has 0 unspecified atom stereocenters. The molecule has 0 atom stereocenters. The predicted octanol–water partition coefficient (Wildman–Crippen LogP) is 3.15. The number of amidine groups is 1. The van der Waals surface area contributed by atoms with Crippen molar-refractivity contribution in [1.29, 1.82) is 5.41 Å². The number of nitrogens with zero attached hydrogens (tertiary/aromatic N) is 1. The van der Waals surface area contributed by atoms with Crippen molar-refractivity contribution in [3.8, 4) is 11.3 Å². The summed E-state index contributed by atoms with van der Waals surface area (Å²) in [6.07, 6.45) is 0. The highest BCUT2D eigenvalue weighted by Crippen LogP contribution is 2.25. The van der Waals surface area contributed by atoms with E-state index in [1.165, 1.54) is 11.8 Å². The van der Waals surface area contributed by atoms with E-state index >= 15 is 0 Å². The monoisotopic (exact) mass is 352 g/mol. The van der Waals surface area contributed by atoms with Crippen molar-refractivity contribution in [2.45, 2.75) is 5.75 Å². The maximum absolute atomic E-state index is 7.53. The molecule has 1 heterocycles. The van der Waals surface area contributed by atoms with Crippen LogP contribution >= 0.6 is 27.7 Å². The maximum Gasteiger partial charge on any atom is 0.193 e. The summed E-state index contributed by atoms with van der Waals surface area (Å²) in [7, 11) is 0. The zero-order valence-corrected chi connectivity index (χ0v) is 12.9. The maximum atomic E-state index is 7.53. The Labute approximate surface area is 129 Å². The van der Waals surface area contributed by atoms with E-state index in [-0.39, 0.29) is 11.1 Å². The number of hydrogen-bond donors (Lipinski definition) is 3. The number of aliphatic imine (C=N–C) groups is 1. The van der Waals surface area contributed by atoms with Crippen LogP contribution in [-0.2, 0) is 5.75 Å². The van der Waals surface area contributed by atoms with Gasteiger partial charge in [0, 0.05) is 10.0 Å². The lowest BCUT2D eigenvalue weighted by atomic mass is 10.2. The lowest BCUT2D eigenvalue weighted by Gasteiger charge is -1.99. The molecule has 0 aliphatic rings. The van der Waals surface area contributed by atoms with Crippen molar-refractivity contribution in [3.63, 3.8) is 0 Å². The molecular weight excluding hydrogens is 340 g/mol. The highest BCUT2D eigenvalue weighted by molar-refractivity contribution is 9.10. The summed E-state index contributed by atoms with van der Waals surface area (Å²) < 4.78 is 6.74. The van der Waals surface area contributed by atoms with Crippen LogP contribution in [0.15, 0.2) is 50.3 Å². The van der Waals surface area contributed by atoms with Crippen LogP contribution in [0.25, 0.3) is 11.3 Å². The van der Waals surface area contributed by atoms with Gasteiger partial charge >= 0.3 is 0 Å². The van der Waals surface area contributed by atoms with Gasteiger partial charge in [0.25, 0.3) is 0 Å². The van der Waals surface area contributed by atoms with Gasteiger partial charge in [0.15, 0.2) is 11.1 Å². The van der Waals surface area contributed by atoms with Crippen molar-refractivity contribution in [2.24, 2.45) is 16.5 Å². The molecule has 0 bridgehead atoms. The zero-order chi connectivity index (χ0) is 14.5. The van der Waals surface area contributed by atoms with Gasteiger partial charge in [0.1, 0.15) is 11.5 Å². The van der Waals surface area contributed by atoms with Crippen molar-refractivity contribution < 1.29 is 4.42 Å². The average Bonchev–Trinajstić information content (AvgIpc) is 2.85. The normalized spacial score (nSPS) is 10.2. The molecule has 0 radical (unpaired) electrons. The van der Waals surface area contributed by atoms with Gasteiger partial charge in [-0.25, -0.2) is 0 Å². The van der Waals surface area contributed by atoms with Crippen molar-refractivity contribution >= 4 is 38.8 Å². The van der Waals surface area contributed by atoms with Gasteiger partial charge in [0.2, 0.25) is 0 Å². The molecule has 20 heavy (non-hydrogen) atoms. The number of guanidine groups is 1. The Morgan fingerprint density at radius 1 is 1.20 bits per heavy atom. The van der Waals surface area contributed by atoms with Crippen LogP contribution in [0.2, 0.25) is 0 Å². The van der Waals surface area contributed by atoms with E-state index in [0.717, 1.165) is 21.6 Å². The molecule has 2 aromatic rings. The topological polar surface area (TPSA) is 101 Å². The Kier molecular flexibility index (Phi) is 4.86. The Bertz CT molecular complexity index is 632. The van der Waals surface area contributed by atoms with Gasteiger partial charge in [-0.3, -0.25) is 5.41 Å². The molecule has 1 aromatic heterocycles. The van der Waals surface area contributed by atoms with Crippen LogP contribution in [0.1, 0.15) is 5.76 Å². The number of furan rings is 1. The molecule has 1 aromatic carbocycles. The first-order valence-corrected chi connectivity index (χ1v) is 7.48. The summed E-state index contributed by atoms with van der Waals surface area (Å²) in [5.74, 6) is 1.95. The predicted molar refractivity (Wildman–Crippen MR) is 86.7 cm³/mol. The molecule has 2 rings (SSSR count). The fourth-order valence-corrected chi connectivity index (χ4v) is 2.38. The first-order valence-electron chi connectivity index (χ1n) is 5.70. The molecule has 0 spiro atoms. The van der Waals surface area contributed by atoms with E-state index in [1.807, 2.05) is 36.4 Å². The molecule has 104 valence electrons. The standard InChI is InChI=1S/C13H13BrN4OS/c14-9-3-1-8(2-4-9)11-6-5-10(19-11)7-20-13(17)18-12(15)16/h1-6H,7H2,(H5,15,16,17,18). The molecule has 0 saturated carbocycles. The molecular formula is C13H13BrN4OS. The van der Waals surface area contributed by atoms with E-state index in [9.17, 15) is 0 Å². The number of rotatable bonds is 3. The van der Waals surface area contributed by atoms with E-state index < -0.39 is 0 Å². The third-order valence-corrected chi connectivity index (χ3v) is 3.69. The summed E-state index contributed by atoms with van der Waals surface area (Å²) in [6.45, 7) is 0. The second kappa shape index (κ2) is 6.62. The van der Waals surface area contributed by atoms with Gasteiger partial charge in [-0.2, -0.15) is 4.99 Å². The largest absolute Gasteiger partial charge is 0.460 e. The summed E-state index contributed by atoms with van der Waals surface area (Å²) in [5, 5.41) is 7.59. The lowest BCUT2D eigenvalue weighted by Crippen LogP contribution is -2.23. The Morgan fingerprint density at radius 2 is 1.90 bits per heavy atom. The van der Waals surface area contributed by atoms with E-state index in [1.54, 1.807) is 0 Å². The third-order valence-electron chi connectivity index (χ3n) is 2.37. The minimum absolute atomic E-state index is 0.0617. The smallest absolute Gasteiger partial charge is 0.193 e. The summed E-state index contributed by atoms with van der Waals surface area (Å²) in [4.78, 5) is 3.64. The van der Waals surface area contributed by atoms with E-state index in [4.69, 9.17) is 21.3 Å². The molecule has 7 heteroatoms. The lowest BCUT2D eigenvalue weighted by molar-refractivity contribution is 0.544. The SMILES string of the molecule is N=C(N=C(N)N)SCc1ccc(-c2ccc(Br)cc2)o1. The second-order valence-electron chi connectivity index (χ2n) is 3.90. The first kappa shape index (κ1) is 14.7. The number of benzene rings is 1. The average molecular weight is 353 g/mol. The van der Waals surface area contributed by atoms with Crippen LogP contribution in [0.4, 0.5) is 0 Å². The fraction of sp³-hybridized carbons (Fsp3) is 0.0769. The van der Waals surface area contributed by atoms with Gasteiger partial charge in [-0.05, 0) is 24.3 Å². The van der Waals surface area contributed by atoms with Crippen LogP contribution in [0, 0.1) is 5.41 Å². The van der Waals surface area contributed by atoms with Gasteiger partial charge in [-0.1, -0.05) is 39.8 Å². The Morgan fingerprint density at radius 3 is 2.55 bits per heavy atom. The molecule has 0 saturated heterocycles. The number of halogens is 1. The molecule has 0 fully saturated rings. The van der Waals surface area contributed by atoms with Gasteiger partial charge < -0.3 is 15.9 Å². The fourth-order valence-electron chi connectivity index (χ4n) is 1.51. The highest BCUT2D eigenvalue weighted by atomic mass is 79.9. The van der Waals surface area contributed by atoms with Crippen LogP contribution < -0.4 is 11.5 Å². The minimum Gasteiger partial charge on any atom is -0.460 e. The number of hydrogen-bond acceptors (Lipinski definition) is 3. The first-order chi connectivity index (χ1) is 9.54. The van der Waals surface area contributed by atoms with Crippen molar-refractivity contribution in [2.75, 3.05) is 0 Å². The van der Waals surface area contributed by atoms with E-state index in [0.29, 0.717) is 5.75 Å². The van der Waals surface area contributed by atoms with Gasteiger partial charge in [0.05, 0.1) is 5.75 Å². The van der Waals surface area contributed by atoms with Crippen LogP contribution in [0.5, 0.6) is 0 Å². The quantitative estimate of drug-likeness (QED) is 0.583. The molecule has 0 amide bonds. The second-order valence-corrected chi connectivity index (χ2v) is 5.78. The summed E-state index contributed by atoms with van der Waals surface area (Å²) in [6, 6.07) is 11.7. The van der Waals surface area contributed by atoms with Crippen LogP contribution in [0.3, 0.4) is 0 Å². The van der Waals surface area contributed by atoms with Crippen molar-refractivity contribution in [1.82, 2.24) is 0 Å². The summed E-state index contributed by atoms with van der Waals surface area (Å²) in [5.41, 5.74) is 11.4. The van der Waals surface area contributed by atoms with Gasteiger partial charge in [-0.15, -0.1) is 0 Å². The minimum atomic E-state index is -0.113. The molecule has 5 nitrogen and oxygen atoms in total. The summed E-state index contributed by atoms with van der Waals surface area (Å²) >= 11 is 4.60. The Hall–Kier alpha value is -1.73. The highest BCUT2D eigenvalue weighted by Gasteiger charge is 2.06. The molecule has 0 aliphatic heterocycles. The number of thioether (sulfide) groups is 1. The Balaban J connectivity index is 2.01. The zero-order valence-electron chi connectivity index (χ0n) is 10.5. The number of nitrogens with two attached hydrogens (primary N) is 2. The van der Waals surface area contributed by atoms with E-state index in [2.05, 4.69) is 20.9 Å². The third kappa shape index (κ3) is 4.14. The van der Waals surface area contributed by atoms with Crippen molar-refractivity contribution in [3.05, 3.63) is 46.6 Å². The number of nitrogens with one attached hydrogen (secondary N) is 1. The molecule has 0 aliphatic carbocycles.